The second kappa shape index (κ2) is 10.4. The van der Waals surface area contributed by atoms with Gasteiger partial charge in [-0.15, -0.1) is 0 Å². The molecule has 3 aromatic carbocycles. The number of amides is 1. The van der Waals surface area contributed by atoms with Gasteiger partial charge in [-0.25, -0.2) is 10.2 Å². The third-order valence-electron chi connectivity index (χ3n) is 4.04. The van der Waals surface area contributed by atoms with Crippen molar-refractivity contribution in [3.8, 4) is 11.5 Å². The lowest BCUT2D eigenvalue weighted by Crippen LogP contribution is -2.24. The van der Waals surface area contributed by atoms with Gasteiger partial charge in [-0.05, 0) is 72.6 Å². The molecule has 7 heteroatoms. The summed E-state index contributed by atoms with van der Waals surface area (Å²) < 4.78 is 11.7. The highest BCUT2D eigenvalue weighted by Crippen LogP contribution is 2.16. The molecule has 0 radical (unpaired) electrons. The van der Waals surface area contributed by atoms with Crippen molar-refractivity contribution in [2.45, 2.75) is 6.92 Å². The predicted molar refractivity (Wildman–Crippen MR) is 118 cm³/mol. The largest absolute Gasteiger partial charge is 0.484 e. The molecule has 0 spiro atoms. The number of hydrogen-bond donors (Lipinski definition) is 1. The van der Waals surface area contributed by atoms with E-state index in [1.165, 1.54) is 6.21 Å². The molecule has 6 nitrogen and oxygen atoms in total. The quantitative estimate of drug-likeness (QED) is 0.240. The first-order valence-electron chi connectivity index (χ1n) is 9.09. The first-order valence-corrected chi connectivity index (χ1v) is 9.89. The molecule has 3 rings (SSSR count). The summed E-state index contributed by atoms with van der Waals surface area (Å²) in [5.74, 6) is 0.228. The van der Waals surface area contributed by atoms with E-state index in [9.17, 15) is 9.59 Å². The van der Waals surface area contributed by atoms with Crippen LogP contribution in [0.3, 0.4) is 0 Å². The molecule has 0 aromatic heterocycles. The van der Waals surface area contributed by atoms with E-state index < -0.39 is 5.97 Å². The van der Waals surface area contributed by atoms with Crippen LogP contribution in [-0.2, 0) is 4.79 Å². The maximum absolute atomic E-state index is 12.2. The van der Waals surface area contributed by atoms with E-state index in [0.29, 0.717) is 17.1 Å². The maximum atomic E-state index is 12.2. The van der Waals surface area contributed by atoms with Gasteiger partial charge in [0.15, 0.2) is 6.61 Å². The maximum Gasteiger partial charge on any atom is 0.343 e. The van der Waals surface area contributed by atoms with E-state index in [2.05, 4.69) is 26.5 Å². The standard InChI is InChI=1S/C23H19BrN2O4/c1-16-4-2-3-5-21(16)23(28)30-20-10-6-17(7-11-20)14-25-26-22(27)15-29-19-12-8-18(24)9-13-19/h2-14H,15H2,1H3,(H,26,27)/b25-14+. The first-order chi connectivity index (χ1) is 14.5. The zero-order valence-corrected chi connectivity index (χ0v) is 17.8. The van der Waals surface area contributed by atoms with Gasteiger partial charge in [0.1, 0.15) is 11.5 Å². The molecular weight excluding hydrogens is 448 g/mol. The summed E-state index contributed by atoms with van der Waals surface area (Å²) in [6.45, 7) is 1.71. The monoisotopic (exact) mass is 466 g/mol. The van der Waals surface area contributed by atoms with E-state index >= 15 is 0 Å². The Kier molecular flexibility index (Phi) is 7.34. The summed E-state index contributed by atoms with van der Waals surface area (Å²) in [6.07, 6.45) is 1.49. The molecule has 0 saturated heterocycles. The molecule has 1 N–H and O–H groups in total. The Hall–Kier alpha value is -3.45. The number of aryl methyl sites for hydroxylation is 1. The summed E-state index contributed by atoms with van der Waals surface area (Å²) in [5.41, 5.74) is 4.51. The second-order valence-electron chi connectivity index (χ2n) is 6.31. The van der Waals surface area contributed by atoms with Crippen molar-refractivity contribution in [2.75, 3.05) is 6.61 Å². The van der Waals surface area contributed by atoms with Crippen LogP contribution < -0.4 is 14.9 Å². The van der Waals surface area contributed by atoms with Gasteiger partial charge in [-0.1, -0.05) is 34.1 Å². The minimum atomic E-state index is -0.410. The van der Waals surface area contributed by atoms with Gasteiger partial charge >= 0.3 is 5.97 Å². The van der Waals surface area contributed by atoms with Gasteiger partial charge in [-0.2, -0.15) is 5.10 Å². The number of ether oxygens (including phenoxy) is 2. The molecule has 0 aliphatic heterocycles. The fourth-order valence-electron chi connectivity index (χ4n) is 2.48. The molecule has 1 amide bonds. The number of hydrazone groups is 1. The Morgan fingerprint density at radius 3 is 2.33 bits per heavy atom. The van der Waals surface area contributed by atoms with Crippen molar-refractivity contribution in [3.63, 3.8) is 0 Å². The molecular formula is C23H19BrN2O4. The Morgan fingerprint density at radius 1 is 0.967 bits per heavy atom. The van der Waals surface area contributed by atoms with Crippen molar-refractivity contribution in [3.05, 3.63) is 94.0 Å². The van der Waals surface area contributed by atoms with E-state index in [-0.39, 0.29) is 12.5 Å². The van der Waals surface area contributed by atoms with Gasteiger partial charge in [-0.3, -0.25) is 4.79 Å². The Balaban J connectivity index is 1.47. The van der Waals surface area contributed by atoms with Crippen LogP contribution in [0, 0.1) is 6.92 Å². The molecule has 0 aliphatic carbocycles. The molecule has 0 aliphatic rings. The number of hydrogen-bond acceptors (Lipinski definition) is 5. The van der Waals surface area contributed by atoms with Crippen molar-refractivity contribution < 1.29 is 19.1 Å². The van der Waals surface area contributed by atoms with Crippen molar-refractivity contribution in [1.82, 2.24) is 5.43 Å². The fourth-order valence-corrected chi connectivity index (χ4v) is 2.74. The molecule has 152 valence electrons. The lowest BCUT2D eigenvalue weighted by atomic mass is 10.1. The smallest absolute Gasteiger partial charge is 0.343 e. The zero-order valence-electron chi connectivity index (χ0n) is 16.2. The minimum Gasteiger partial charge on any atom is -0.484 e. The SMILES string of the molecule is Cc1ccccc1C(=O)Oc1ccc(/C=N/NC(=O)COc2ccc(Br)cc2)cc1. The van der Waals surface area contributed by atoms with Gasteiger partial charge in [0.05, 0.1) is 11.8 Å². The van der Waals surface area contributed by atoms with Crippen LogP contribution in [0.25, 0.3) is 0 Å². The third-order valence-corrected chi connectivity index (χ3v) is 4.57. The van der Waals surface area contributed by atoms with Crippen LogP contribution in [0.2, 0.25) is 0 Å². The predicted octanol–water partition coefficient (Wildman–Crippen LogP) is 4.51. The van der Waals surface area contributed by atoms with Crippen LogP contribution >= 0.6 is 15.9 Å². The average Bonchev–Trinajstić information content (AvgIpc) is 2.75. The number of carbonyl (C=O) groups is 2. The summed E-state index contributed by atoms with van der Waals surface area (Å²) in [5, 5.41) is 3.90. The summed E-state index contributed by atoms with van der Waals surface area (Å²) in [4.78, 5) is 24.0. The average molecular weight is 467 g/mol. The summed E-state index contributed by atoms with van der Waals surface area (Å²) >= 11 is 3.33. The minimum absolute atomic E-state index is 0.146. The van der Waals surface area contributed by atoms with Gasteiger partial charge < -0.3 is 9.47 Å². The number of nitrogens with zero attached hydrogens (tertiary/aromatic N) is 1. The first kappa shape index (κ1) is 21.3. The number of benzene rings is 3. The van der Waals surface area contributed by atoms with Gasteiger partial charge in [0, 0.05) is 4.47 Å². The van der Waals surface area contributed by atoms with Crippen molar-refractivity contribution in [2.24, 2.45) is 5.10 Å². The van der Waals surface area contributed by atoms with E-state index in [1.54, 1.807) is 48.5 Å². The number of nitrogens with one attached hydrogen (secondary N) is 1. The highest BCUT2D eigenvalue weighted by atomic mass is 79.9. The molecule has 30 heavy (non-hydrogen) atoms. The molecule has 0 atom stereocenters. The second-order valence-corrected chi connectivity index (χ2v) is 7.22. The number of rotatable bonds is 7. The van der Waals surface area contributed by atoms with Crippen LogP contribution in [0.1, 0.15) is 21.5 Å². The molecule has 0 bridgehead atoms. The lowest BCUT2D eigenvalue weighted by molar-refractivity contribution is -0.123. The molecule has 0 saturated carbocycles. The third kappa shape index (κ3) is 6.28. The highest BCUT2D eigenvalue weighted by Gasteiger charge is 2.10. The van der Waals surface area contributed by atoms with Gasteiger partial charge in [0.2, 0.25) is 0 Å². The van der Waals surface area contributed by atoms with E-state index in [4.69, 9.17) is 9.47 Å². The van der Waals surface area contributed by atoms with Crippen LogP contribution in [0.4, 0.5) is 0 Å². The van der Waals surface area contributed by atoms with E-state index in [0.717, 1.165) is 15.6 Å². The molecule has 3 aromatic rings. The zero-order chi connectivity index (χ0) is 21.3. The Morgan fingerprint density at radius 2 is 1.63 bits per heavy atom. The number of esters is 1. The van der Waals surface area contributed by atoms with Crippen molar-refractivity contribution in [1.29, 1.82) is 0 Å². The summed E-state index contributed by atoms with van der Waals surface area (Å²) in [6, 6.07) is 21.2. The lowest BCUT2D eigenvalue weighted by Gasteiger charge is -2.06. The van der Waals surface area contributed by atoms with Crippen molar-refractivity contribution >= 4 is 34.0 Å². The molecule has 0 heterocycles. The topological polar surface area (TPSA) is 77.0 Å². The number of carbonyl (C=O) groups excluding carboxylic acids is 2. The van der Waals surface area contributed by atoms with E-state index in [1.807, 2.05) is 31.2 Å². The fraction of sp³-hybridized carbons (Fsp3) is 0.0870. The van der Waals surface area contributed by atoms with Crippen LogP contribution in [0.15, 0.2) is 82.4 Å². The summed E-state index contributed by atoms with van der Waals surface area (Å²) in [7, 11) is 0. The normalized spacial score (nSPS) is 10.6. The molecule has 0 fully saturated rings. The van der Waals surface area contributed by atoms with Crippen LogP contribution in [0.5, 0.6) is 11.5 Å². The Labute approximate surface area is 182 Å². The Bertz CT molecular complexity index is 1050. The molecule has 0 unspecified atom stereocenters. The van der Waals surface area contributed by atoms with Crippen LogP contribution in [-0.4, -0.2) is 24.7 Å². The highest BCUT2D eigenvalue weighted by molar-refractivity contribution is 9.10. The van der Waals surface area contributed by atoms with Gasteiger partial charge in [0.25, 0.3) is 5.91 Å². The number of halogens is 1.